The van der Waals surface area contributed by atoms with Crippen molar-refractivity contribution in [2.75, 3.05) is 6.61 Å². The maximum Gasteiger partial charge on any atom is 0.138 e. The van der Waals surface area contributed by atoms with Crippen LogP contribution in [-0.4, -0.2) is 29.9 Å². The van der Waals surface area contributed by atoms with Crippen LogP contribution in [-0.2, 0) is 0 Å². The molecule has 3 unspecified atom stereocenters. The van der Waals surface area contributed by atoms with Crippen LogP contribution in [0.5, 0.6) is 5.75 Å². The van der Waals surface area contributed by atoms with Crippen molar-refractivity contribution in [2.24, 2.45) is 0 Å². The van der Waals surface area contributed by atoms with Crippen LogP contribution in [0.3, 0.4) is 0 Å². The second-order valence-electron chi connectivity index (χ2n) is 5.12. The van der Waals surface area contributed by atoms with E-state index in [-0.39, 0.29) is 18.8 Å². The molecule has 2 N–H and O–H groups in total. The van der Waals surface area contributed by atoms with Gasteiger partial charge in [0.15, 0.2) is 0 Å². The third-order valence-corrected chi connectivity index (χ3v) is 3.78. The molecule has 0 fully saturated rings. The van der Waals surface area contributed by atoms with Crippen molar-refractivity contribution in [3.8, 4) is 5.75 Å². The van der Waals surface area contributed by atoms with Gasteiger partial charge in [0.2, 0.25) is 0 Å². The van der Waals surface area contributed by atoms with E-state index in [1.54, 1.807) is 18.2 Å². The zero-order chi connectivity index (χ0) is 15.1. The van der Waals surface area contributed by atoms with Crippen molar-refractivity contribution in [1.82, 2.24) is 5.32 Å². The molecule has 0 amide bonds. The average Bonchev–Trinajstić information content (AvgIpc) is 2.39. The largest absolute Gasteiger partial charge is 0.488 e. The molecule has 1 rings (SSSR count). The highest BCUT2D eigenvalue weighted by molar-refractivity contribution is 6.35. The number of nitrogens with one attached hydrogen (secondary N) is 1. The summed E-state index contributed by atoms with van der Waals surface area (Å²) in [5.41, 5.74) is 0. The van der Waals surface area contributed by atoms with Crippen LogP contribution in [0.15, 0.2) is 18.2 Å². The standard InChI is InChI=1S/C15H23Cl2NO2/c1-10(5-4-8-19)18-11(2)12(3)20-15-7-6-13(16)9-14(15)17/h6-7,9-12,18-19H,4-5,8H2,1-3H3. The molecular weight excluding hydrogens is 297 g/mol. The van der Waals surface area contributed by atoms with Gasteiger partial charge in [-0.2, -0.15) is 0 Å². The van der Waals surface area contributed by atoms with E-state index in [1.165, 1.54) is 0 Å². The molecule has 0 aliphatic rings. The maximum atomic E-state index is 8.83. The first-order chi connectivity index (χ1) is 9.43. The Morgan fingerprint density at radius 1 is 1.25 bits per heavy atom. The average molecular weight is 320 g/mol. The van der Waals surface area contributed by atoms with Crippen molar-refractivity contribution in [3.63, 3.8) is 0 Å². The minimum absolute atomic E-state index is 0.0229. The molecule has 20 heavy (non-hydrogen) atoms. The van der Waals surface area contributed by atoms with Crippen LogP contribution < -0.4 is 10.1 Å². The lowest BCUT2D eigenvalue weighted by molar-refractivity contribution is 0.168. The second kappa shape index (κ2) is 8.73. The van der Waals surface area contributed by atoms with Gasteiger partial charge >= 0.3 is 0 Å². The normalized spacial score (nSPS) is 15.7. The summed E-state index contributed by atoms with van der Waals surface area (Å²) in [6.07, 6.45) is 1.72. The number of aliphatic hydroxyl groups is 1. The van der Waals surface area contributed by atoms with E-state index in [0.29, 0.717) is 21.8 Å². The summed E-state index contributed by atoms with van der Waals surface area (Å²) in [5, 5.41) is 13.4. The Hall–Kier alpha value is -0.480. The number of hydrogen-bond donors (Lipinski definition) is 2. The van der Waals surface area contributed by atoms with Crippen LogP contribution in [0.2, 0.25) is 10.0 Å². The second-order valence-corrected chi connectivity index (χ2v) is 5.96. The van der Waals surface area contributed by atoms with E-state index in [0.717, 1.165) is 12.8 Å². The van der Waals surface area contributed by atoms with Gasteiger partial charge < -0.3 is 15.2 Å². The predicted molar refractivity (Wildman–Crippen MR) is 84.9 cm³/mol. The Labute approximate surface area is 131 Å². The molecule has 0 heterocycles. The number of benzene rings is 1. The molecular formula is C15H23Cl2NO2. The fourth-order valence-electron chi connectivity index (χ4n) is 1.94. The topological polar surface area (TPSA) is 41.5 Å². The van der Waals surface area contributed by atoms with E-state index < -0.39 is 0 Å². The van der Waals surface area contributed by atoms with Gasteiger partial charge in [-0.05, 0) is 51.8 Å². The number of ether oxygens (including phenoxy) is 1. The fraction of sp³-hybridized carbons (Fsp3) is 0.600. The number of rotatable bonds is 8. The van der Waals surface area contributed by atoms with E-state index in [2.05, 4.69) is 19.2 Å². The van der Waals surface area contributed by atoms with Gasteiger partial charge in [-0.1, -0.05) is 23.2 Å². The summed E-state index contributed by atoms with van der Waals surface area (Å²) in [6, 6.07) is 5.73. The van der Waals surface area contributed by atoms with Crippen molar-refractivity contribution in [3.05, 3.63) is 28.2 Å². The summed E-state index contributed by atoms with van der Waals surface area (Å²) in [5.74, 6) is 0.639. The van der Waals surface area contributed by atoms with Crippen molar-refractivity contribution < 1.29 is 9.84 Å². The Balaban J connectivity index is 2.50. The van der Waals surface area contributed by atoms with Crippen molar-refractivity contribution in [2.45, 2.75) is 51.8 Å². The molecule has 1 aromatic carbocycles. The summed E-state index contributed by atoms with van der Waals surface area (Å²) < 4.78 is 5.86. The first kappa shape index (κ1) is 17.6. The lowest BCUT2D eigenvalue weighted by Crippen LogP contribution is -2.43. The molecule has 3 atom stereocenters. The van der Waals surface area contributed by atoms with Gasteiger partial charge in [0.1, 0.15) is 11.9 Å². The first-order valence-electron chi connectivity index (χ1n) is 6.92. The minimum atomic E-state index is -0.0229. The van der Waals surface area contributed by atoms with Crippen molar-refractivity contribution in [1.29, 1.82) is 0 Å². The monoisotopic (exact) mass is 319 g/mol. The highest BCUT2D eigenvalue weighted by Crippen LogP contribution is 2.28. The number of halogens is 2. The summed E-state index contributed by atoms with van der Waals surface area (Å²) >= 11 is 12.0. The minimum Gasteiger partial charge on any atom is -0.488 e. The third-order valence-electron chi connectivity index (χ3n) is 3.25. The van der Waals surface area contributed by atoms with Crippen LogP contribution >= 0.6 is 23.2 Å². The summed E-state index contributed by atoms with van der Waals surface area (Å²) in [4.78, 5) is 0. The quantitative estimate of drug-likeness (QED) is 0.763. The molecule has 0 radical (unpaired) electrons. The first-order valence-corrected chi connectivity index (χ1v) is 7.68. The van der Waals surface area contributed by atoms with Gasteiger partial charge in [-0.15, -0.1) is 0 Å². The zero-order valence-electron chi connectivity index (χ0n) is 12.2. The van der Waals surface area contributed by atoms with E-state index in [1.807, 2.05) is 6.92 Å². The molecule has 5 heteroatoms. The molecule has 1 aromatic rings. The van der Waals surface area contributed by atoms with Gasteiger partial charge in [0.25, 0.3) is 0 Å². The zero-order valence-corrected chi connectivity index (χ0v) is 13.7. The molecule has 0 spiro atoms. The highest BCUT2D eigenvalue weighted by Gasteiger charge is 2.17. The van der Waals surface area contributed by atoms with Crippen LogP contribution in [0.1, 0.15) is 33.6 Å². The Morgan fingerprint density at radius 3 is 2.55 bits per heavy atom. The van der Waals surface area contributed by atoms with Gasteiger partial charge in [-0.3, -0.25) is 0 Å². The lowest BCUT2D eigenvalue weighted by Gasteiger charge is -2.26. The fourth-order valence-corrected chi connectivity index (χ4v) is 2.39. The predicted octanol–water partition coefficient (Wildman–Crippen LogP) is 3.90. The molecule has 0 bridgehead atoms. The summed E-state index contributed by atoms with van der Waals surface area (Å²) in [6.45, 7) is 6.41. The molecule has 0 aromatic heterocycles. The van der Waals surface area contributed by atoms with Gasteiger partial charge in [0, 0.05) is 23.7 Å². The number of hydrogen-bond acceptors (Lipinski definition) is 3. The van der Waals surface area contributed by atoms with Crippen LogP contribution in [0, 0.1) is 0 Å². The molecule has 0 saturated carbocycles. The molecule has 0 aliphatic carbocycles. The Bertz CT molecular complexity index is 415. The van der Waals surface area contributed by atoms with E-state index in [9.17, 15) is 0 Å². The SMILES string of the molecule is CC(CCCO)NC(C)C(C)Oc1ccc(Cl)cc1Cl. The van der Waals surface area contributed by atoms with Gasteiger partial charge in [0.05, 0.1) is 5.02 Å². The molecule has 0 saturated heterocycles. The van der Waals surface area contributed by atoms with E-state index in [4.69, 9.17) is 33.0 Å². The molecule has 3 nitrogen and oxygen atoms in total. The summed E-state index contributed by atoms with van der Waals surface area (Å²) in [7, 11) is 0. The molecule has 0 aliphatic heterocycles. The van der Waals surface area contributed by atoms with Crippen LogP contribution in [0.4, 0.5) is 0 Å². The third kappa shape index (κ3) is 5.88. The molecule has 114 valence electrons. The Morgan fingerprint density at radius 2 is 1.95 bits per heavy atom. The highest BCUT2D eigenvalue weighted by atomic mass is 35.5. The van der Waals surface area contributed by atoms with E-state index >= 15 is 0 Å². The smallest absolute Gasteiger partial charge is 0.138 e. The lowest BCUT2D eigenvalue weighted by atomic mass is 10.1. The van der Waals surface area contributed by atoms with Crippen molar-refractivity contribution >= 4 is 23.2 Å². The maximum absolute atomic E-state index is 8.83. The van der Waals surface area contributed by atoms with Crippen LogP contribution in [0.25, 0.3) is 0 Å². The van der Waals surface area contributed by atoms with Gasteiger partial charge in [-0.25, -0.2) is 0 Å². The number of aliphatic hydroxyl groups excluding tert-OH is 1. The Kier molecular flexibility index (Phi) is 7.67.